The van der Waals surface area contributed by atoms with Gasteiger partial charge in [0.25, 0.3) is 0 Å². The molecule has 3 N–H and O–H groups in total. The molecule has 2 aromatic rings. The number of rotatable bonds is 6. The van der Waals surface area contributed by atoms with E-state index in [1.807, 2.05) is 48.5 Å². The summed E-state index contributed by atoms with van der Waals surface area (Å²) in [5.74, 6) is 0.0629. The molecule has 0 aliphatic carbocycles. The fourth-order valence-corrected chi connectivity index (χ4v) is 3.83. The molecule has 0 saturated carbocycles. The van der Waals surface area contributed by atoms with Gasteiger partial charge in [0, 0.05) is 18.0 Å². The number of thioether (sulfide) groups is 1. The third kappa shape index (κ3) is 4.86. The minimum atomic E-state index is -0.236. The van der Waals surface area contributed by atoms with E-state index in [1.54, 1.807) is 0 Å². The van der Waals surface area contributed by atoms with Crippen LogP contribution in [0, 0.1) is 0 Å². The van der Waals surface area contributed by atoms with Gasteiger partial charge < -0.3 is 15.7 Å². The lowest BCUT2D eigenvalue weighted by Gasteiger charge is -2.13. The normalized spacial score (nSPS) is 16.3. The highest BCUT2D eigenvalue weighted by Crippen LogP contribution is 2.27. The van der Waals surface area contributed by atoms with Crippen molar-refractivity contribution in [1.29, 1.82) is 0 Å². The van der Waals surface area contributed by atoms with E-state index in [-0.39, 0.29) is 29.4 Å². The average molecular weight is 370 g/mol. The highest BCUT2D eigenvalue weighted by atomic mass is 32.2. The van der Waals surface area contributed by atoms with Gasteiger partial charge in [-0.2, -0.15) is 0 Å². The molecule has 0 spiro atoms. The van der Waals surface area contributed by atoms with Crippen molar-refractivity contribution in [3.63, 3.8) is 0 Å². The van der Waals surface area contributed by atoms with Crippen molar-refractivity contribution in [2.75, 3.05) is 23.0 Å². The van der Waals surface area contributed by atoms with Crippen molar-refractivity contribution < 1.29 is 14.7 Å². The molecule has 1 aliphatic rings. The lowest BCUT2D eigenvalue weighted by molar-refractivity contribution is -0.115. The minimum absolute atomic E-state index is 0.0406. The number of aliphatic hydroxyl groups is 1. The topological polar surface area (TPSA) is 78.4 Å². The number of carbonyl (C=O) groups is 2. The van der Waals surface area contributed by atoms with Crippen LogP contribution < -0.4 is 10.6 Å². The number of nitrogens with one attached hydrogen (secondary N) is 2. The van der Waals surface area contributed by atoms with Crippen molar-refractivity contribution in [3.05, 3.63) is 59.7 Å². The van der Waals surface area contributed by atoms with Crippen molar-refractivity contribution in [3.8, 4) is 0 Å². The van der Waals surface area contributed by atoms with E-state index in [1.165, 1.54) is 11.8 Å². The summed E-state index contributed by atoms with van der Waals surface area (Å²) in [7, 11) is 0. The Morgan fingerprint density at radius 1 is 1.19 bits per heavy atom. The molecular formula is C20H22N2O3S. The predicted molar refractivity (Wildman–Crippen MR) is 106 cm³/mol. The van der Waals surface area contributed by atoms with Gasteiger partial charge >= 0.3 is 0 Å². The number of hydrogen-bond donors (Lipinski definition) is 3. The zero-order valence-electron chi connectivity index (χ0n) is 14.4. The van der Waals surface area contributed by atoms with E-state index in [9.17, 15) is 9.59 Å². The summed E-state index contributed by atoms with van der Waals surface area (Å²) in [4.78, 5) is 24.5. The molecule has 0 radical (unpaired) electrons. The Morgan fingerprint density at radius 3 is 2.73 bits per heavy atom. The fraction of sp³-hybridized carbons (Fsp3) is 0.300. The standard InChI is InChI=1S/C20H22N2O3S/c23-12-11-14-5-8-16(9-6-14)21-19(24)13-26-18-10-7-15-3-1-2-4-17(15)22-20(18)25/h1-6,8-9,18,23H,7,10-13H2,(H,21,24)(H,22,25). The molecule has 0 saturated heterocycles. The van der Waals surface area contributed by atoms with Crippen LogP contribution in [0.25, 0.3) is 0 Å². The number of benzene rings is 2. The van der Waals surface area contributed by atoms with Crippen molar-refractivity contribution >= 4 is 35.0 Å². The van der Waals surface area contributed by atoms with Crippen molar-refractivity contribution in [2.24, 2.45) is 0 Å². The molecule has 1 aliphatic heterocycles. The van der Waals surface area contributed by atoms with Gasteiger partial charge in [0.1, 0.15) is 0 Å². The number of aryl methyl sites for hydroxylation is 1. The molecule has 1 unspecified atom stereocenters. The molecule has 2 aromatic carbocycles. The molecule has 1 atom stereocenters. The summed E-state index contributed by atoms with van der Waals surface area (Å²) < 4.78 is 0. The molecule has 2 amide bonds. The van der Waals surface area contributed by atoms with E-state index in [4.69, 9.17) is 5.11 Å². The first-order valence-electron chi connectivity index (χ1n) is 8.66. The number of aliphatic hydroxyl groups excluding tert-OH is 1. The molecule has 1 heterocycles. The van der Waals surface area contributed by atoms with Crippen LogP contribution in [0.15, 0.2) is 48.5 Å². The van der Waals surface area contributed by atoms with Crippen LogP contribution in [0.1, 0.15) is 17.5 Å². The first-order valence-corrected chi connectivity index (χ1v) is 9.70. The van der Waals surface area contributed by atoms with E-state index in [2.05, 4.69) is 10.6 Å². The number of para-hydroxylation sites is 1. The van der Waals surface area contributed by atoms with Crippen LogP contribution in [0.3, 0.4) is 0 Å². The summed E-state index contributed by atoms with van der Waals surface area (Å²) in [6, 6.07) is 15.2. The van der Waals surface area contributed by atoms with E-state index < -0.39 is 0 Å². The Hall–Kier alpha value is -2.31. The maximum absolute atomic E-state index is 12.4. The lowest BCUT2D eigenvalue weighted by Crippen LogP contribution is -2.26. The summed E-state index contributed by atoms with van der Waals surface area (Å²) in [6.45, 7) is 0.107. The zero-order valence-corrected chi connectivity index (χ0v) is 15.2. The van der Waals surface area contributed by atoms with E-state index in [0.29, 0.717) is 6.42 Å². The zero-order chi connectivity index (χ0) is 18.4. The number of carbonyl (C=O) groups excluding carboxylic acids is 2. The summed E-state index contributed by atoms with van der Waals surface area (Å²) in [6.07, 6.45) is 2.14. The monoisotopic (exact) mass is 370 g/mol. The lowest BCUT2D eigenvalue weighted by atomic mass is 10.1. The van der Waals surface area contributed by atoms with Crippen LogP contribution in [0.4, 0.5) is 11.4 Å². The van der Waals surface area contributed by atoms with Gasteiger partial charge in [-0.15, -0.1) is 11.8 Å². The van der Waals surface area contributed by atoms with Crippen LogP contribution >= 0.6 is 11.8 Å². The largest absolute Gasteiger partial charge is 0.396 e. The number of anilines is 2. The Labute approximate surface area is 157 Å². The maximum atomic E-state index is 12.4. The van der Waals surface area contributed by atoms with Gasteiger partial charge in [0.2, 0.25) is 11.8 Å². The van der Waals surface area contributed by atoms with Gasteiger partial charge in [-0.05, 0) is 48.6 Å². The highest BCUT2D eigenvalue weighted by Gasteiger charge is 2.24. The summed E-state index contributed by atoms with van der Waals surface area (Å²) >= 11 is 1.37. The quantitative estimate of drug-likeness (QED) is 0.731. The molecular weight excluding hydrogens is 348 g/mol. The fourth-order valence-electron chi connectivity index (χ4n) is 2.91. The maximum Gasteiger partial charge on any atom is 0.237 e. The molecule has 136 valence electrons. The SMILES string of the molecule is O=C(CSC1CCc2ccccc2NC1=O)Nc1ccc(CCO)cc1. The third-order valence-electron chi connectivity index (χ3n) is 4.30. The first kappa shape index (κ1) is 18.5. The van der Waals surface area contributed by atoms with Crippen molar-refractivity contribution in [2.45, 2.75) is 24.5 Å². The van der Waals surface area contributed by atoms with Crippen LogP contribution in [0.2, 0.25) is 0 Å². The van der Waals surface area contributed by atoms with Gasteiger partial charge in [-0.25, -0.2) is 0 Å². The Bertz CT molecular complexity index is 777. The molecule has 0 aromatic heterocycles. The smallest absolute Gasteiger partial charge is 0.237 e. The van der Waals surface area contributed by atoms with Crippen LogP contribution in [0.5, 0.6) is 0 Å². The second kappa shape index (κ2) is 8.87. The van der Waals surface area contributed by atoms with Gasteiger partial charge in [0.05, 0.1) is 11.0 Å². The summed E-state index contributed by atoms with van der Waals surface area (Å²) in [5, 5.41) is 14.5. The molecule has 6 heteroatoms. The minimum Gasteiger partial charge on any atom is -0.396 e. The predicted octanol–water partition coefficient (Wildman–Crippen LogP) is 2.85. The van der Waals surface area contributed by atoms with Crippen LogP contribution in [-0.4, -0.2) is 34.5 Å². The third-order valence-corrected chi connectivity index (χ3v) is 5.58. The first-order chi connectivity index (χ1) is 12.7. The summed E-state index contributed by atoms with van der Waals surface area (Å²) in [5.41, 5.74) is 3.74. The van der Waals surface area contributed by atoms with Gasteiger partial charge in [-0.3, -0.25) is 9.59 Å². The van der Waals surface area contributed by atoms with E-state index >= 15 is 0 Å². The average Bonchev–Trinajstić information content (AvgIpc) is 2.80. The Kier molecular flexibility index (Phi) is 6.30. The molecule has 0 bridgehead atoms. The van der Waals surface area contributed by atoms with Crippen molar-refractivity contribution in [1.82, 2.24) is 0 Å². The second-order valence-corrected chi connectivity index (χ2v) is 7.39. The Balaban J connectivity index is 1.50. The number of fused-ring (bicyclic) bond motifs is 1. The number of hydrogen-bond acceptors (Lipinski definition) is 4. The molecule has 0 fully saturated rings. The molecule has 26 heavy (non-hydrogen) atoms. The second-order valence-electron chi connectivity index (χ2n) is 6.20. The molecule has 5 nitrogen and oxygen atoms in total. The van der Waals surface area contributed by atoms with Gasteiger partial charge in [-0.1, -0.05) is 30.3 Å². The van der Waals surface area contributed by atoms with Crippen LogP contribution in [-0.2, 0) is 22.4 Å². The highest BCUT2D eigenvalue weighted by molar-refractivity contribution is 8.01. The number of amides is 2. The Morgan fingerprint density at radius 2 is 1.96 bits per heavy atom. The van der Waals surface area contributed by atoms with E-state index in [0.717, 1.165) is 35.3 Å². The van der Waals surface area contributed by atoms with Gasteiger partial charge in [0.15, 0.2) is 0 Å². The molecule has 3 rings (SSSR count).